The number of nitrogens with one attached hydrogen (secondary N) is 1. The van der Waals surface area contributed by atoms with Crippen molar-refractivity contribution in [2.75, 3.05) is 44.9 Å². The molecule has 2 unspecified atom stereocenters. The second-order valence-corrected chi connectivity index (χ2v) is 12.5. The van der Waals surface area contributed by atoms with Crippen molar-refractivity contribution in [1.82, 2.24) is 10.2 Å². The molecule has 2 aromatic rings. The standard InChI is InChI=1S/C35H47F3N4O4/c1-7-34(5,23-46-28-14-12-26(21-39)13-15-28)33(44)41(17-8-9-18-45-6)31-20-29(30(19-25(31)4)35(36,37)38)32(43)42(24(2)3)27-11-10-16-40-22-27/h12-15,19-20,24,27,40H,7-11,16-18,22-23H2,1-6H3. The number of anilines is 1. The van der Waals surface area contributed by atoms with Crippen LogP contribution in [0.1, 0.15) is 86.8 Å². The number of hydrogen-bond donors (Lipinski definition) is 1. The van der Waals surface area contributed by atoms with E-state index in [1.165, 1.54) is 17.9 Å². The molecule has 0 radical (unpaired) electrons. The predicted molar refractivity (Wildman–Crippen MR) is 172 cm³/mol. The molecule has 1 heterocycles. The van der Waals surface area contributed by atoms with Crippen LogP contribution in [-0.4, -0.2) is 68.8 Å². The van der Waals surface area contributed by atoms with Crippen molar-refractivity contribution in [1.29, 1.82) is 5.26 Å². The molecule has 1 fully saturated rings. The molecule has 1 aliphatic rings. The number of halogens is 3. The zero-order chi connectivity index (χ0) is 34.1. The van der Waals surface area contributed by atoms with Crippen LogP contribution in [0.25, 0.3) is 0 Å². The third kappa shape index (κ3) is 9.01. The SMILES string of the molecule is CCC(C)(COc1ccc(C#N)cc1)C(=O)N(CCCCOC)c1cc(C(=O)N(C(C)C)C2CCCNC2)c(C(F)(F)F)cc1C. The van der Waals surface area contributed by atoms with E-state index in [0.29, 0.717) is 50.1 Å². The summed E-state index contributed by atoms with van der Waals surface area (Å²) >= 11 is 0. The van der Waals surface area contributed by atoms with Gasteiger partial charge in [0.25, 0.3) is 5.91 Å². The van der Waals surface area contributed by atoms with Gasteiger partial charge in [-0.05, 0) is 108 Å². The van der Waals surface area contributed by atoms with Crippen LogP contribution in [0.3, 0.4) is 0 Å². The van der Waals surface area contributed by atoms with E-state index < -0.39 is 28.6 Å². The lowest BCUT2D eigenvalue weighted by atomic mass is 9.86. The second kappa shape index (κ2) is 16.3. The van der Waals surface area contributed by atoms with Gasteiger partial charge in [-0.1, -0.05) is 6.92 Å². The fraction of sp³-hybridized carbons (Fsp3) is 0.571. The minimum absolute atomic E-state index is 0.00405. The van der Waals surface area contributed by atoms with Crippen LogP contribution < -0.4 is 15.0 Å². The van der Waals surface area contributed by atoms with Gasteiger partial charge < -0.3 is 24.6 Å². The Morgan fingerprint density at radius 1 is 1.15 bits per heavy atom. The normalized spacial score (nSPS) is 16.4. The molecule has 11 heteroatoms. The number of rotatable bonds is 14. The van der Waals surface area contributed by atoms with Gasteiger partial charge in [-0.25, -0.2) is 0 Å². The molecule has 3 rings (SSSR count). The summed E-state index contributed by atoms with van der Waals surface area (Å²) in [5, 5.41) is 12.4. The number of piperidine rings is 1. The highest BCUT2D eigenvalue weighted by molar-refractivity contribution is 6.02. The maximum Gasteiger partial charge on any atom is 0.417 e. The number of amides is 2. The lowest BCUT2D eigenvalue weighted by Crippen LogP contribution is -2.52. The third-order valence-electron chi connectivity index (χ3n) is 8.68. The molecule has 252 valence electrons. The van der Waals surface area contributed by atoms with Crippen molar-refractivity contribution < 1.29 is 32.2 Å². The Hall–Kier alpha value is -3.62. The van der Waals surface area contributed by atoms with Crippen molar-refractivity contribution in [3.8, 4) is 11.8 Å². The molecule has 1 saturated heterocycles. The Balaban J connectivity index is 2.09. The lowest BCUT2D eigenvalue weighted by molar-refractivity contribution is -0.138. The van der Waals surface area contributed by atoms with E-state index in [4.69, 9.17) is 14.7 Å². The van der Waals surface area contributed by atoms with Crippen molar-refractivity contribution in [3.05, 3.63) is 58.7 Å². The van der Waals surface area contributed by atoms with Gasteiger partial charge in [-0.3, -0.25) is 9.59 Å². The number of alkyl halides is 3. The molecule has 46 heavy (non-hydrogen) atoms. The largest absolute Gasteiger partial charge is 0.492 e. The molecule has 2 amide bonds. The van der Waals surface area contributed by atoms with Crippen molar-refractivity contribution in [2.24, 2.45) is 5.41 Å². The van der Waals surface area contributed by atoms with Gasteiger partial charge in [0.05, 0.1) is 28.2 Å². The number of nitrogens with zero attached hydrogens (tertiary/aromatic N) is 3. The molecular formula is C35H47F3N4O4. The maximum atomic E-state index is 14.5. The highest BCUT2D eigenvalue weighted by Gasteiger charge is 2.41. The summed E-state index contributed by atoms with van der Waals surface area (Å²) in [5.74, 6) is -0.534. The van der Waals surface area contributed by atoms with Crippen LogP contribution in [0.5, 0.6) is 5.75 Å². The van der Waals surface area contributed by atoms with E-state index in [1.807, 2.05) is 6.92 Å². The summed E-state index contributed by atoms with van der Waals surface area (Å²) in [7, 11) is 1.58. The number of carbonyl (C=O) groups excluding carboxylic acids is 2. The Kier molecular flexibility index (Phi) is 13.0. The average molecular weight is 645 g/mol. The number of ether oxygens (including phenoxy) is 2. The summed E-state index contributed by atoms with van der Waals surface area (Å²) in [6, 6.07) is 10.3. The second-order valence-electron chi connectivity index (χ2n) is 12.5. The fourth-order valence-electron chi connectivity index (χ4n) is 5.79. The van der Waals surface area contributed by atoms with Crippen LogP contribution in [0.2, 0.25) is 0 Å². The van der Waals surface area contributed by atoms with Crippen molar-refractivity contribution in [2.45, 2.75) is 85.0 Å². The Morgan fingerprint density at radius 2 is 1.85 bits per heavy atom. The number of benzene rings is 2. The van der Waals surface area contributed by atoms with Gasteiger partial charge in [0.1, 0.15) is 12.4 Å². The fourth-order valence-corrected chi connectivity index (χ4v) is 5.79. The van der Waals surface area contributed by atoms with Crippen molar-refractivity contribution in [3.63, 3.8) is 0 Å². The monoisotopic (exact) mass is 644 g/mol. The summed E-state index contributed by atoms with van der Waals surface area (Å²) < 4.78 is 54.7. The number of aryl methyl sites for hydroxylation is 1. The van der Waals surface area contributed by atoms with Crippen LogP contribution in [0.4, 0.5) is 18.9 Å². The van der Waals surface area contributed by atoms with E-state index in [2.05, 4.69) is 11.4 Å². The van der Waals surface area contributed by atoms with Gasteiger partial charge in [-0.15, -0.1) is 0 Å². The molecule has 1 aliphatic heterocycles. The summed E-state index contributed by atoms with van der Waals surface area (Å²) in [5.41, 5.74) is -1.54. The van der Waals surface area contributed by atoms with Crippen LogP contribution in [0, 0.1) is 23.7 Å². The first-order valence-corrected chi connectivity index (χ1v) is 16.0. The first kappa shape index (κ1) is 36.8. The minimum Gasteiger partial charge on any atom is -0.492 e. The van der Waals surface area contributed by atoms with Crippen LogP contribution in [0.15, 0.2) is 36.4 Å². The minimum atomic E-state index is -4.78. The number of methoxy groups -OCH3 is 1. The number of unbranched alkanes of at least 4 members (excludes halogenated alkanes) is 1. The average Bonchev–Trinajstić information content (AvgIpc) is 3.03. The molecule has 0 spiro atoms. The van der Waals surface area contributed by atoms with Crippen molar-refractivity contribution >= 4 is 17.5 Å². The van der Waals surface area contributed by atoms with E-state index in [9.17, 15) is 22.8 Å². The van der Waals surface area contributed by atoms with Gasteiger partial charge in [0.15, 0.2) is 0 Å². The van der Waals surface area contributed by atoms with E-state index in [0.717, 1.165) is 19.0 Å². The Morgan fingerprint density at radius 3 is 2.39 bits per heavy atom. The molecule has 1 N–H and O–H groups in total. The van der Waals surface area contributed by atoms with Crippen LogP contribution >= 0.6 is 0 Å². The van der Waals surface area contributed by atoms with Gasteiger partial charge in [0, 0.05) is 44.6 Å². The summed E-state index contributed by atoms with van der Waals surface area (Å²) in [6.45, 7) is 10.8. The highest BCUT2D eigenvalue weighted by Crippen LogP contribution is 2.39. The molecule has 0 aromatic heterocycles. The highest BCUT2D eigenvalue weighted by atomic mass is 19.4. The molecule has 0 saturated carbocycles. The molecule has 0 bridgehead atoms. The third-order valence-corrected chi connectivity index (χ3v) is 8.68. The van der Waals surface area contributed by atoms with E-state index >= 15 is 0 Å². The predicted octanol–water partition coefficient (Wildman–Crippen LogP) is 6.74. The summed E-state index contributed by atoms with van der Waals surface area (Å²) in [6.07, 6.45) is -1.72. The molecule has 8 nitrogen and oxygen atoms in total. The van der Waals surface area contributed by atoms with Gasteiger partial charge >= 0.3 is 6.18 Å². The molecule has 2 aromatic carbocycles. The van der Waals surface area contributed by atoms with Gasteiger partial charge in [-0.2, -0.15) is 18.4 Å². The topological polar surface area (TPSA) is 94.9 Å². The Labute approximate surface area is 270 Å². The molecular weight excluding hydrogens is 597 g/mol. The van der Waals surface area contributed by atoms with Crippen LogP contribution in [-0.2, 0) is 15.7 Å². The Bertz CT molecular complexity index is 1370. The van der Waals surface area contributed by atoms with E-state index in [1.54, 1.807) is 57.0 Å². The number of nitriles is 1. The number of carbonyl (C=O) groups is 2. The number of hydrogen-bond acceptors (Lipinski definition) is 6. The first-order chi connectivity index (χ1) is 21.8. The smallest absolute Gasteiger partial charge is 0.417 e. The zero-order valence-electron chi connectivity index (χ0n) is 27.8. The molecule has 0 aliphatic carbocycles. The molecule has 2 atom stereocenters. The zero-order valence-corrected chi connectivity index (χ0v) is 27.8. The quantitative estimate of drug-likeness (QED) is 0.229. The van der Waals surface area contributed by atoms with Gasteiger partial charge in [0.2, 0.25) is 5.91 Å². The maximum absolute atomic E-state index is 14.5. The summed E-state index contributed by atoms with van der Waals surface area (Å²) in [4.78, 5) is 31.6. The first-order valence-electron chi connectivity index (χ1n) is 16.0. The lowest BCUT2D eigenvalue weighted by Gasteiger charge is -2.39. The van der Waals surface area contributed by atoms with E-state index in [-0.39, 0.29) is 42.4 Å².